The van der Waals surface area contributed by atoms with Gasteiger partial charge in [-0.3, -0.25) is 9.69 Å². The van der Waals surface area contributed by atoms with Gasteiger partial charge in [0.05, 0.1) is 19.3 Å². The maximum atomic E-state index is 12.1. The smallest absolute Gasteiger partial charge is 0.239 e. The molecule has 2 heterocycles. The number of likely N-dealkylation sites (tertiary alicyclic amines) is 1. The zero-order chi connectivity index (χ0) is 17.9. The molecule has 2 aromatic rings. The molecule has 0 unspecified atom stereocenters. The third-order valence-electron chi connectivity index (χ3n) is 4.57. The first kappa shape index (κ1) is 17.4. The van der Waals surface area contributed by atoms with Crippen molar-refractivity contribution in [1.29, 1.82) is 0 Å². The molecular formula is C18H23N3O4. The van der Waals surface area contributed by atoms with Crippen LogP contribution in [-0.4, -0.2) is 47.8 Å². The number of carbonyl (C=O) groups excluding carboxylic acids is 1. The maximum Gasteiger partial charge on any atom is 0.239 e. The van der Waals surface area contributed by atoms with Crippen molar-refractivity contribution in [1.82, 2.24) is 10.1 Å². The van der Waals surface area contributed by atoms with Crippen molar-refractivity contribution < 1.29 is 19.2 Å². The molecule has 1 amide bonds. The van der Waals surface area contributed by atoms with E-state index in [4.69, 9.17) is 9.26 Å². The van der Waals surface area contributed by atoms with Gasteiger partial charge < -0.3 is 19.7 Å². The molecule has 0 aliphatic carbocycles. The molecule has 1 saturated heterocycles. The fourth-order valence-electron chi connectivity index (χ4n) is 3.08. The molecule has 1 aliphatic heterocycles. The third kappa shape index (κ3) is 4.18. The van der Waals surface area contributed by atoms with Gasteiger partial charge in [-0.2, -0.15) is 0 Å². The Balaban J connectivity index is 1.52. The topological polar surface area (TPSA) is 87.8 Å². The summed E-state index contributed by atoms with van der Waals surface area (Å²) in [7, 11) is 1.62. The molecule has 0 atom stereocenters. The number of nitrogens with one attached hydrogen (secondary N) is 1. The Hall–Kier alpha value is -2.38. The van der Waals surface area contributed by atoms with Crippen LogP contribution in [-0.2, 0) is 10.4 Å². The Bertz CT molecular complexity index is 718. The first-order chi connectivity index (χ1) is 12.0. The van der Waals surface area contributed by atoms with Crippen LogP contribution in [0.25, 0.3) is 0 Å². The van der Waals surface area contributed by atoms with Gasteiger partial charge in [0.2, 0.25) is 5.91 Å². The van der Waals surface area contributed by atoms with E-state index < -0.39 is 5.60 Å². The lowest BCUT2D eigenvalue weighted by atomic mass is 9.84. The van der Waals surface area contributed by atoms with Crippen LogP contribution in [0.5, 0.6) is 5.75 Å². The highest BCUT2D eigenvalue weighted by Crippen LogP contribution is 2.33. The van der Waals surface area contributed by atoms with E-state index in [1.54, 1.807) is 20.1 Å². The van der Waals surface area contributed by atoms with Crippen LogP contribution >= 0.6 is 0 Å². The van der Waals surface area contributed by atoms with E-state index in [-0.39, 0.29) is 12.5 Å². The van der Waals surface area contributed by atoms with Gasteiger partial charge in [-0.15, -0.1) is 0 Å². The maximum absolute atomic E-state index is 12.1. The van der Waals surface area contributed by atoms with Crippen LogP contribution < -0.4 is 10.1 Å². The summed E-state index contributed by atoms with van der Waals surface area (Å²) in [6.07, 6.45) is 1.16. The van der Waals surface area contributed by atoms with Crippen molar-refractivity contribution in [2.45, 2.75) is 25.4 Å². The summed E-state index contributed by atoms with van der Waals surface area (Å²) >= 11 is 0. The van der Waals surface area contributed by atoms with E-state index in [1.807, 2.05) is 29.2 Å². The molecule has 1 fully saturated rings. The van der Waals surface area contributed by atoms with Crippen molar-refractivity contribution in [2.75, 3.05) is 32.1 Å². The molecular weight excluding hydrogens is 322 g/mol. The lowest BCUT2D eigenvalue weighted by Gasteiger charge is -2.38. The van der Waals surface area contributed by atoms with Gasteiger partial charge in [-0.25, -0.2) is 0 Å². The quantitative estimate of drug-likeness (QED) is 0.861. The Morgan fingerprint density at radius 1 is 1.36 bits per heavy atom. The van der Waals surface area contributed by atoms with Gasteiger partial charge in [-0.1, -0.05) is 17.3 Å². The number of ether oxygens (including phenoxy) is 1. The molecule has 3 rings (SSSR count). The minimum atomic E-state index is -0.859. The van der Waals surface area contributed by atoms with Gasteiger partial charge in [0.15, 0.2) is 5.82 Å². The number of hydrogen-bond acceptors (Lipinski definition) is 6. The summed E-state index contributed by atoms with van der Waals surface area (Å²) in [6.45, 7) is 3.33. The molecule has 1 aromatic heterocycles. The van der Waals surface area contributed by atoms with Crippen LogP contribution in [0.1, 0.15) is 24.2 Å². The van der Waals surface area contributed by atoms with E-state index in [9.17, 15) is 9.90 Å². The SMILES string of the molecule is COc1ccc(C2(O)CCN(CC(=O)Nc3cc(C)on3)CC2)cc1. The molecule has 7 heteroatoms. The second-order valence-corrected chi connectivity index (χ2v) is 6.41. The number of aryl methyl sites for hydroxylation is 1. The number of nitrogens with zero attached hydrogens (tertiary/aromatic N) is 2. The van der Waals surface area contributed by atoms with Crippen molar-refractivity contribution in [3.05, 3.63) is 41.7 Å². The summed E-state index contributed by atoms with van der Waals surface area (Å²) in [5, 5.41) is 17.4. The summed E-state index contributed by atoms with van der Waals surface area (Å²) in [5.41, 5.74) is 0.0260. The largest absolute Gasteiger partial charge is 0.497 e. The highest BCUT2D eigenvalue weighted by Gasteiger charge is 2.34. The summed E-state index contributed by atoms with van der Waals surface area (Å²) in [5.74, 6) is 1.71. The highest BCUT2D eigenvalue weighted by molar-refractivity contribution is 5.91. The molecule has 2 N–H and O–H groups in total. The fourth-order valence-corrected chi connectivity index (χ4v) is 3.08. The van der Waals surface area contributed by atoms with Gasteiger partial charge in [-0.05, 0) is 37.5 Å². The minimum absolute atomic E-state index is 0.136. The molecule has 0 spiro atoms. The van der Waals surface area contributed by atoms with Gasteiger partial charge in [0.1, 0.15) is 11.5 Å². The van der Waals surface area contributed by atoms with E-state index in [0.717, 1.165) is 11.3 Å². The Kier molecular flexibility index (Phi) is 5.06. The Morgan fingerprint density at radius 2 is 2.04 bits per heavy atom. The lowest BCUT2D eigenvalue weighted by Crippen LogP contribution is -2.45. The van der Waals surface area contributed by atoms with Crippen molar-refractivity contribution in [3.63, 3.8) is 0 Å². The number of benzene rings is 1. The average molecular weight is 345 g/mol. The van der Waals surface area contributed by atoms with Crippen LogP contribution in [0.2, 0.25) is 0 Å². The van der Waals surface area contributed by atoms with E-state index in [2.05, 4.69) is 10.5 Å². The number of rotatable bonds is 5. The Morgan fingerprint density at radius 3 is 2.60 bits per heavy atom. The van der Waals surface area contributed by atoms with Crippen LogP contribution in [0.15, 0.2) is 34.9 Å². The van der Waals surface area contributed by atoms with Crippen LogP contribution in [0.4, 0.5) is 5.82 Å². The molecule has 0 saturated carbocycles. The molecule has 134 valence electrons. The number of hydrogen-bond donors (Lipinski definition) is 2. The fraction of sp³-hybridized carbons (Fsp3) is 0.444. The predicted molar refractivity (Wildman–Crippen MR) is 92.4 cm³/mol. The number of piperidine rings is 1. The number of aromatic nitrogens is 1. The van der Waals surface area contributed by atoms with Crippen LogP contribution in [0, 0.1) is 6.92 Å². The standard InChI is InChI=1S/C18H23N3O4/c1-13-11-16(20-25-13)19-17(22)12-21-9-7-18(23,8-10-21)14-3-5-15(24-2)6-4-14/h3-6,11,23H,7-10,12H2,1-2H3,(H,19,20,22). The first-order valence-electron chi connectivity index (χ1n) is 8.31. The summed E-state index contributed by atoms with van der Waals surface area (Å²) in [4.78, 5) is 14.1. The minimum Gasteiger partial charge on any atom is -0.497 e. The second kappa shape index (κ2) is 7.25. The predicted octanol–water partition coefficient (Wildman–Crippen LogP) is 1.91. The number of amides is 1. The van der Waals surface area contributed by atoms with Gasteiger partial charge >= 0.3 is 0 Å². The number of aliphatic hydroxyl groups is 1. The zero-order valence-electron chi connectivity index (χ0n) is 14.5. The monoisotopic (exact) mass is 345 g/mol. The van der Waals surface area contributed by atoms with E-state index in [0.29, 0.717) is 37.5 Å². The first-order valence-corrected chi connectivity index (χ1v) is 8.31. The third-order valence-corrected chi connectivity index (χ3v) is 4.57. The van der Waals surface area contributed by atoms with E-state index >= 15 is 0 Å². The number of anilines is 1. The number of carbonyl (C=O) groups is 1. The summed E-state index contributed by atoms with van der Waals surface area (Å²) in [6, 6.07) is 9.18. The lowest BCUT2D eigenvalue weighted by molar-refractivity contribution is -0.118. The molecule has 7 nitrogen and oxygen atoms in total. The van der Waals surface area contributed by atoms with E-state index in [1.165, 1.54) is 0 Å². The van der Waals surface area contributed by atoms with Crippen molar-refractivity contribution in [2.24, 2.45) is 0 Å². The zero-order valence-corrected chi connectivity index (χ0v) is 14.5. The molecule has 0 radical (unpaired) electrons. The normalized spacial score (nSPS) is 17.2. The van der Waals surface area contributed by atoms with Crippen molar-refractivity contribution in [3.8, 4) is 5.75 Å². The van der Waals surface area contributed by atoms with Gasteiger partial charge in [0.25, 0.3) is 0 Å². The van der Waals surface area contributed by atoms with Crippen LogP contribution in [0.3, 0.4) is 0 Å². The highest BCUT2D eigenvalue weighted by atomic mass is 16.5. The molecule has 1 aromatic carbocycles. The molecule has 1 aliphatic rings. The van der Waals surface area contributed by atoms with Crippen molar-refractivity contribution >= 4 is 11.7 Å². The Labute approximate surface area is 146 Å². The van der Waals surface area contributed by atoms with Gasteiger partial charge in [0, 0.05) is 19.2 Å². The molecule has 0 bridgehead atoms. The average Bonchev–Trinajstić information content (AvgIpc) is 3.02. The molecule has 25 heavy (non-hydrogen) atoms. The summed E-state index contributed by atoms with van der Waals surface area (Å²) < 4.78 is 10.1. The number of methoxy groups -OCH3 is 1. The second-order valence-electron chi connectivity index (χ2n) is 6.41.